The van der Waals surface area contributed by atoms with Crippen molar-refractivity contribution in [3.63, 3.8) is 0 Å². The molecule has 0 unspecified atom stereocenters. The van der Waals surface area contributed by atoms with E-state index in [9.17, 15) is 9.59 Å². The van der Waals surface area contributed by atoms with Gasteiger partial charge in [0, 0.05) is 32.1 Å². The number of benzene rings is 2. The molecule has 1 aliphatic rings. The number of hydrogen-bond acceptors (Lipinski definition) is 4. The maximum Gasteiger partial charge on any atom is 0.261 e. The van der Waals surface area contributed by atoms with Crippen LogP contribution in [0.15, 0.2) is 53.6 Å². The topological polar surface area (TPSA) is 67.2 Å². The second-order valence-electron chi connectivity index (χ2n) is 9.22. The Labute approximate surface area is 195 Å². The summed E-state index contributed by atoms with van der Waals surface area (Å²) >= 11 is 0. The highest BCUT2D eigenvalue weighted by Gasteiger charge is 2.19. The van der Waals surface area contributed by atoms with Crippen molar-refractivity contribution in [2.75, 3.05) is 7.05 Å². The molecule has 1 aromatic heterocycles. The van der Waals surface area contributed by atoms with Gasteiger partial charge in [-0.1, -0.05) is 55.7 Å². The number of carbonyl (C=O) groups is 1. The third kappa shape index (κ3) is 5.69. The molecule has 1 heterocycles. The molecule has 1 fully saturated rings. The number of hydrogen-bond donors (Lipinski definition) is 1. The van der Waals surface area contributed by atoms with Gasteiger partial charge in [0.1, 0.15) is 0 Å². The molecule has 3 aromatic rings. The number of para-hydroxylation sites is 1. The lowest BCUT2D eigenvalue weighted by Gasteiger charge is -2.31. The zero-order valence-electron chi connectivity index (χ0n) is 19.7. The highest BCUT2D eigenvalue weighted by molar-refractivity contribution is 5.80. The summed E-state index contributed by atoms with van der Waals surface area (Å²) in [5.41, 5.74) is 4.00. The van der Waals surface area contributed by atoms with Crippen LogP contribution in [0, 0.1) is 6.92 Å². The van der Waals surface area contributed by atoms with E-state index in [0.29, 0.717) is 24.5 Å². The first-order valence-corrected chi connectivity index (χ1v) is 12.0. The first kappa shape index (κ1) is 23.2. The fourth-order valence-electron chi connectivity index (χ4n) is 4.80. The number of amides is 1. The first-order chi connectivity index (χ1) is 16.0. The Hall–Kier alpha value is -2.99. The van der Waals surface area contributed by atoms with Crippen LogP contribution in [0.5, 0.6) is 0 Å². The summed E-state index contributed by atoms with van der Waals surface area (Å²) in [6, 6.07) is 14.6. The molecule has 1 N–H and O–H groups in total. The van der Waals surface area contributed by atoms with E-state index in [1.165, 1.54) is 42.2 Å². The van der Waals surface area contributed by atoms with Crippen LogP contribution in [0.25, 0.3) is 10.9 Å². The minimum Gasteiger partial charge on any atom is -0.352 e. The minimum absolute atomic E-state index is 0.0679. The molecule has 0 aliphatic heterocycles. The smallest absolute Gasteiger partial charge is 0.261 e. The third-order valence-corrected chi connectivity index (χ3v) is 6.85. The number of fused-ring (bicyclic) bond motifs is 1. The predicted octanol–water partition coefficient (Wildman–Crippen LogP) is 4.18. The van der Waals surface area contributed by atoms with Crippen LogP contribution < -0.4 is 10.9 Å². The highest BCUT2D eigenvalue weighted by Crippen LogP contribution is 2.23. The van der Waals surface area contributed by atoms with Crippen LogP contribution in [0.4, 0.5) is 0 Å². The van der Waals surface area contributed by atoms with Gasteiger partial charge in [-0.05, 0) is 49.6 Å². The fourth-order valence-corrected chi connectivity index (χ4v) is 4.80. The molecule has 0 radical (unpaired) electrons. The second-order valence-corrected chi connectivity index (χ2v) is 9.22. The maximum atomic E-state index is 12.7. The van der Waals surface area contributed by atoms with Crippen molar-refractivity contribution in [1.82, 2.24) is 19.8 Å². The van der Waals surface area contributed by atoms with Gasteiger partial charge in [-0.25, -0.2) is 4.98 Å². The summed E-state index contributed by atoms with van der Waals surface area (Å²) in [6.07, 6.45) is 8.33. The molecule has 1 aliphatic carbocycles. The lowest BCUT2D eigenvalue weighted by Crippen LogP contribution is -2.33. The van der Waals surface area contributed by atoms with Crippen molar-refractivity contribution < 1.29 is 4.79 Å². The Morgan fingerprint density at radius 3 is 2.64 bits per heavy atom. The Morgan fingerprint density at radius 2 is 1.85 bits per heavy atom. The van der Waals surface area contributed by atoms with Crippen LogP contribution in [-0.2, 0) is 24.4 Å². The molecule has 6 heteroatoms. The average molecular weight is 447 g/mol. The number of aromatic nitrogens is 2. The minimum atomic E-state index is -0.104. The molecular formula is C27H34N4O2. The SMILES string of the molecule is Cc1cccc2c(=O)n(CCC(=O)NCc3ccccc3CN(C)C3CCCCC3)cnc12. The van der Waals surface area contributed by atoms with E-state index in [0.717, 1.165) is 23.2 Å². The zero-order chi connectivity index (χ0) is 23.2. The van der Waals surface area contributed by atoms with Gasteiger partial charge in [-0.2, -0.15) is 0 Å². The lowest BCUT2D eigenvalue weighted by atomic mass is 9.94. The number of rotatable bonds is 8. The van der Waals surface area contributed by atoms with Crippen LogP contribution in [0.1, 0.15) is 55.2 Å². The largest absolute Gasteiger partial charge is 0.352 e. The number of carbonyl (C=O) groups excluding carboxylic acids is 1. The molecule has 1 saturated carbocycles. The van der Waals surface area contributed by atoms with Crippen molar-refractivity contribution in [3.05, 3.63) is 75.8 Å². The van der Waals surface area contributed by atoms with Gasteiger partial charge in [0.05, 0.1) is 17.2 Å². The summed E-state index contributed by atoms with van der Waals surface area (Å²) in [5.74, 6) is -0.0679. The molecule has 174 valence electrons. The molecule has 0 bridgehead atoms. The summed E-state index contributed by atoms with van der Waals surface area (Å²) in [4.78, 5) is 32.2. The zero-order valence-corrected chi connectivity index (χ0v) is 19.7. The van der Waals surface area contributed by atoms with Gasteiger partial charge in [-0.15, -0.1) is 0 Å². The van der Waals surface area contributed by atoms with Crippen molar-refractivity contribution in [3.8, 4) is 0 Å². The summed E-state index contributed by atoms with van der Waals surface area (Å²) < 4.78 is 1.52. The standard InChI is InChI=1S/C27H34N4O2/c1-20-9-8-14-24-26(20)29-19-31(27(24)33)16-15-25(32)28-17-21-10-6-7-11-22(21)18-30(2)23-12-4-3-5-13-23/h6-11,14,19,23H,3-5,12-13,15-18H2,1-2H3,(H,28,32). The molecule has 33 heavy (non-hydrogen) atoms. The van der Waals surface area contributed by atoms with Gasteiger partial charge in [0.25, 0.3) is 5.56 Å². The normalized spacial score (nSPS) is 14.6. The van der Waals surface area contributed by atoms with Gasteiger partial charge in [0.15, 0.2) is 0 Å². The van der Waals surface area contributed by atoms with Crippen LogP contribution >= 0.6 is 0 Å². The monoisotopic (exact) mass is 446 g/mol. The van der Waals surface area contributed by atoms with Gasteiger partial charge >= 0.3 is 0 Å². The second kappa shape index (κ2) is 10.8. The van der Waals surface area contributed by atoms with Crippen molar-refractivity contribution in [1.29, 1.82) is 0 Å². The summed E-state index contributed by atoms with van der Waals surface area (Å²) in [6.45, 7) is 3.65. The van der Waals surface area contributed by atoms with E-state index in [1.54, 1.807) is 12.4 Å². The highest BCUT2D eigenvalue weighted by atomic mass is 16.1. The third-order valence-electron chi connectivity index (χ3n) is 6.85. The van der Waals surface area contributed by atoms with Crippen LogP contribution in [0.2, 0.25) is 0 Å². The average Bonchev–Trinajstić information content (AvgIpc) is 2.84. The Bertz CT molecular complexity index is 1160. The maximum absolute atomic E-state index is 12.7. The Balaban J connectivity index is 1.33. The van der Waals surface area contributed by atoms with E-state index >= 15 is 0 Å². The number of aryl methyl sites for hydroxylation is 2. The summed E-state index contributed by atoms with van der Waals surface area (Å²) in [7, 11) is 2.21. The molecular weight excluding hydrogens is 412 g/mol. The molecule has 6 nitrogen and oxygen atoms in total. The molecule has 0 saturated heterocycles. The summed E-state index contributed by atoms with van der Waals surface area (Å²) in [5, 5.41) is 3.63. The molecule has 1 amide bonds. The van der Waals surface area contributed by atoms with Crippen molar-refractivity contribution in [2.45, 2.75) is 71.1 Å². The number of nitrogens with one attached hydrogen (secondary N) is 1. The Kier molecular flexibility index (Phi) is 7.55. The van der Waals surface area contributed by atoms with E-state index in [1.807, 2.05) is 25.1 Å². The van der Waals surface area contributed by atoms with Crippen LogP contribution in [-0.4, -0.2) is 33.4 Å². The quantitative estimate of drug-likeness (QED) is 0.564. The van der Waals surface area contributed by atoms with Crippen LogP contribution in [0.3, 0.4) is 0 Å². The van der Waals surface area contributed by atoms with E-state index < -0.39 is 0 Å². The fraction of sp³-hybridized carbons (Fsp3) is 0.444. The number of nitrogens with zero attached hydrogens (tertiary/aromatic N) is 3. The first-order valence-electron chi connectivity index (χ1n) is 12.0. The van der Waals surface area contributed by atoms with Crippen molar-refractivity contribution in [2.24, 2.45) is 0 Å². The Morgan fingerprint density at radius 1 is 1.09 bits per heavy atom. The van der Waals surface area contributed by atoms with E-state index in [-0.39, 0.29) is 17.9 Å². The molecule has 4 rings (SSSR count). The van der Waals surface area contributed by atoms with Crippen molar-refractivity contribution >= 4 is 16.8 Å². The predicted molar refractivity (Wildman–Crippen MR) is 132 cm³/mol. The lowest BCUT2D eigenvalue weighted by molar-refractivity contribution is -0.121. The van der Waals surface area contributed by atoms with Gasteiger partial charge in [-0.3, -0.25) is 19.1 Å². The van der Waals surface area contributed by atoms with E-state index in [4.69, 9.17) is 0 Å². The van der Waals surface area contributed by atoms with Gasteiger partial charge in [0.2, 0.25) is 5.91 Å². The molecule has 0 spiro atoms. The molecule has 0 atom stereocenters. The van der Waals surface area contributed by atoms with E-state index in [2.05, 4.69) is 40.4 Å². The molecule has 2 aromatic carbocycles. The van der Waals surface area contributed by atoms with Gasteiger partial charge < -0.3 is 5.32 Å².